The predicted molar refractivity (Wildman–Crippen MR) is 94.0 cm³/mol. The van der Waals surface area contributed by atoms with E-state index in [2.05, 4.69) is 0 Å². The van der Waals surface area contributed by atoms with Crippen molar-refractivity contribution >= 4 is 5.97 Å². The van der Waals surface area contributed by atoms with Gasteiger partial charge in [0.1, 0.15) is 11.5 Å². The molecule has 1 N–H and O–H groups in total. The van der Waals surface area contributed by atoms with E-state index in [1.807, 2.05) is 50.2 Å². The van der Waals surface area contributed by atoms with E-state index in [0.717, 1.165) is 34.6 Å². The van der Waals surface area contributed by atoms with Crippen molar-refractivity contribution < 1.29 is 19.4 Å². The summed E-state index contributed by atoms with van der Waals surface area (Å²) < 4.78 is 11.0. The van der Waals surface area contributed by atoms with Gasteiger partial charge in [-0.25, -0.2) is 0 Å². The molecule has 1 atom stereocenters. The molecule has 0 saturated heterocycles. The Balaban J connectivity index is 2.32. The fourth-order valence-electron chi connectivity index (χ4n) is 2.74. The van der Waals surface area contributed by atoms with E-state index >= 15 is 0 Å². The molecule has 0 heterocycles. The van der Waals surface area contributed by atoms with E-state index in [9.17, 15) is 9.90 Å². The van der Waals surface area contributed by atoms with Gasteiger partial charge in [0.2, 0.25) is 0 Å². The second kappa shape index (κ2) is 8.39. The van der Waals surface area contributed by atoms with Crippen molar-refractivity contribution in [2.24, 2.45) is 0 Å². The molecule has 2 aromatic carbocycles. The Kier molecular flexibility index (Phi) is 6.24. The van der Waals surface area contributed by atoms with Crippen LogP contribution in [0.5, 0.6) is 11.5 Å². The van der Waals surface area contributed by atoms with E-state index < -0.39 is 11.9 Å². The van der Waals surface area contributed by atoms with E-state index in [0.29, 0.717) is 13.0 Å². The molecule has 0 saturated carbocycles. The van der Waals surface area contributed by atoms with Crippen LogP contribution in [0.1, 0.15) is 36.0 Å². The lowest BCUT2D eigenvalue weighted by molar-refractivity contribution is -0.138. The van der Waals surface area contributed by atoms with E-state index in [4.69, 9.17) is 9.47 Å². The molecule has 128 valence electrons. The third-order valence-electron chi connectivity index (χ3n) is 4.01. The average molecular weight is 328 g/mol. The number of methoxy groups -OCH3 is 1. The zero-order chi connectivity index (χ0) is 17.5. The van der Waals surface area contributed by atoms with Crippen molar-refractivity contribution in [1.29, 1.82) is 0 Å². The summed E-state index contributed by atoms with van der Waals surface area (Å²) in [4.78, 5) is 11.9. The molecule has 0 aromatic heterocycles. The summed E-state index contributed by atoms with van der Waals surface area (Å²) in [5.41, 5.74) is 2.62. The summed E-state index contributed by atoms with van der Waals surface area (Å²) in [6.45, 7) is 4.58. The number of rotatable bonds is 8. The molecule has 2 rings (SSSR count). The molecular weight excluding hydrogens is 304 g/mol. The predicted octanol–water partition coefficient (Wildman–Crippen LogP) is 4.20. The standard InChI is InChI=1S/C20H24O4/c1-4-11-24-19-8-6-5-7-15(19)13-18(20(21)22)17-10-9-16(23-3)12-14(17)2/h5-10,12,18H,4,11,13H2,1-3H3,(H,21,22). The first-order chi connectivity index (χ1) is 11.6. The first kappa shape index (κ1) is 17.9. The van der Waals surface area contributed by atoms with Crippen LogP contribution in [0.25, 0.3) is 0 Å². The molecule has 0 bridgehead atoms. The van der Waals surface area contributed by atoms with E-state index in [1.165, 1.54) is 0 Å². The van der Waals surface area contributed by atoms with Crippen LogP contribution >= 0.6 is 0 Å². The molecule has 0 aliphatic heterocycles. The SMILES string of the molecule is CCCOc1ccccc1CC(C(=O)O)c1ccc(OC)cc1C. The Morgan fingerprint density at radius 3 is 2.58 bits per heavy atom. The quantitative estimate of drug-likeness (QED) is 0.789. The van der Waals surface area contributed by atoms with Gasteiger partial charge >= 0.3 is 5.97 Å². The van der Waals surface area contributed by atoms with E-state index in [1.54, 1.807) is 13.2 Å². The molecule has 0 aliphatic carbocycles. The fourth-order valence-corrected chi connectivity index (χ4v) is 2.74. The second-order valence-electron chi connectivity index (χ2n) is 5.77. The van der Waals surface area contributed by atoms with Crippen LogP contribution < -0.4 is 9.47 Å². The molecule has 1 unspecified atom stereocenters. The fraction of sp³-hybridized carbons (Fsp3) is 0.350. The highest BCUT2D eigenvalue weighted by molar-refractivity contribution is 5.77. The number of para-hydroxylation sites is 1. The van der Waals surface area contributed by atoms with E-state index in [-0.39, 0.29) is 0 Å². The summed E-state index contributed by atoms with van der Waals surface area (Å²) in [6, 6.07) is 13.1. The largest absolute Gasteiger partial charge is 0.497 e. The number of hydrogen-bond donors (Lipinski definition) is 1. The maximum atomic E-state index is 11.9. The third-order valence-corrected chi connectivity index (χ3v) is 4.01. The van der Waals surface area contributed by atoms with Gasteiger partial charge in [-0.3, -0.25) is 4.79 Å². The number of carbonyl (C=O) groups is 1. The van der Waals surface area contributed by atoms with Gasteiger partial charge in [-0.05, 0) is 54.7 Å². The van der Waals surface area contributed by atoms with Gasteiger partial charge in [0, 0.05) is 0 Å². The highest BCUT2D eigenvalue weighted by Crippen LogP contribution is 2.30. The Morgan fingerprint density at radius 2 is 1.96 bits per heavy atom. The minimum Gasteiger partial charge on any atom is -0.497 e. The molecule has 0 amide bonds. The van der Waals surface area contributed by atoms with Gasteiger partial charge in [0.05, 0.1) is 19.6 Å². The number of carboxylic acids is 1. The summed E-state index contributed by atoms with van der Waals surface area (Å²) in [5.74, 6) is 0.0275. The van der Waals surface area contributed by atoms with Gasteiger partial charge in [-0.15, -0.1) is 0 Å². The molecule has 0 spiro atoms. The van der Waals surface area contributed by atoms with Gasteiger partial charge < -0.3 is 14.6 Å². The Bertz CT molecular complexity index is 694. The lowest BCUT2D eigenvalue weighted by Crippen LogP contribution is -2.16. The number of aryl methyl sites for hydroxylation is 1. The normalized spacial score (nSPS) is 11.8. The van der Waals surface area contributed by atoms with Crippen LogP contribution in [0.4, 0.5) is 0 Å². The minimum atomic E-state index is -0.839. The summed E-state index contributed by atoms with van der Waals surface area (Å²) >= 11 is 0. The Labute approximate surface area is 143 Å². The molecule has 0 radical (unpaired) electrons. The molecule has 0 aliphatic rings. The van der Waals surface area contributed by atoms with Crippen molar-refractivity contribution in [3.05, 3.63) is 59.2 Å². The van der Waals surface area contributed by atoms with Gasteiger partial charge in [0.15, 0.2) is 0 Å². The Morgan fingerprint density at radius 1 is 1.21 bits per heavy atom. The first-order valence-electron chi connectivity index (χ1n) is 8.14. The summed E-state index contributed by atoms with van der Waals surface area (Å²) in [5, 5.41) is 9.73. The molecule has 4 nitrogen and oxygen atoms in total. The number of aliphatic carboxylic acids is 1. The number of hydrogen-bond acceptors (Lipinski definition) is 3. The third kappa shape index (κ3) is 4.28. The lowest BCUT2D eigenvalue weighted by Gasteiger charge is -2.18. The average Bonchev–Trinajstić information content (AvgIpc) is 2.58. The molecule has 2 aromatic rings. The zero-order valence-electron chi connectivity index (χ0n) is 14.4. The number of benzene rings is 2. The maximum absolute atomic E-state index is 11.9. The van der Waals surface area contributed by atoms with Crippen LogP contribution in [0, 0.1) is 6.92 Å². The minimum absolute atomic E-state index is 0.391. The van der Waals surface area contributed by atoms with Crippen LogP contribution in [-0.4, -0.2) is 24.8 Å². The van der Waals surface area contributed by atoms with Crippen molar-refractivity contribution in [3.63, 3.8) is 0 Å². The van der Waals surface area contributed by atoms with Crippen molar-refractivity contribution in [2.75, 3.05) is 13.7 Å². The molecular formula is C20H24O4. The van der Waals surface area contributed by atoms with Crippen LogP contribution in [0.2, 0.25) is 0 Å². The topological polar surface area (TPSA) is 55.8 Å². The van der Waals surface area contributed by atoms with Crippen LogP contribution in [0.3, 0.4) is 0 Å². The summed E-state index contributed by atoms with van der Waals surface area (Å²) in [7, 11) is 1.60. The second-order valence-corrected chi connectivity index (χ2v) is 5.77. The smallest absolute Gasteiger partial charge is 0.311 e. The monoisotopic (exact) mass is 328 g/mol. The van der Waals surface area contributed by atoms with Crippen LogP contribution in [0.15, 0.2) is 42.5 Å². The molecule has 24 heavy (non-hydrogen) atoms. The van der Waals surface area contributed by atoms with Crippen molar-refractivity contribution in [1.82, 2.24) is 0 Å². The number of ether oxygens (including phenoxy) is 2. The maximum Gasteiger partial charge on any atom is 0.311 e. The number of carboxylic acid groups (broad SMARTS) is 1. The first-order valence-corrected chi connectivity index (χ1v) is 8.14. The highest BCUT2D eigenvalue weighted by Gasteiger charge is 2.23. The van der Waals surface area contributed by atoms with Crippen molar-refractivity contribution in [2.45, 2.75) is 32.6 Å². The van der Waals surface area contributed by atoms with Gasteiger partial charge in [0.25, 0.3) is 0 Å². The van der Waals surface area contributed by atoms with Gasteiger partial charge in [-0.2, -0.15) is 0 Å². The van der Waals surface area contributed by atoms with Crippen LogP contribution in [-0.2, 0) is 11.2 Å². The van der Waals surface area contributed by atoms with Crippen molar-refractivity contribution in [3.8, 4) is 11.5 Å². The lowest BCUT2D eigenvalue weighted by atomic mass is 9.89. The summed E-state index contributed by atoms with van der Waals surface area (Å²) in [6.07, 6.45) is 1.30. The highest BCUT2D eigenvalue weighted by atomic mass is 16.5. The van der Waals surface area contributed by atoms with Gasteiger partial charge in [-0.1, -0.05) is 31.2 Å². The zero-order valence-corrected chi connectivity index (χ0v) is 14.4. The Hall–Kier alpha value is -2.49. The molecule has 4 heteroatoms. The molecule has 0 fully saturated rings.